The van der Waals surface area contributed by atoms with Crippen molar-refractivity contribution < 1.29 is 14.6 Å². The zero-order valence-corrected chi connectivity index (χ0v) is 9.91. The summed E-state index contributed by atoms with van der Waals surface area (Å²) in [4.78, 5) is 10.3. The zero-order chi connectivity index (χ0) is 12.1. The third-order valence-electron chi connectivity index (χ3n) is 2.21. The van der Waals surface area contributed by atoms with Gasteiger partial charge in [-0.15, -0.1) is 0 Å². The molecule has 4 heteroatoms. The number of carbonyl (C=O) groups is 1. The second-order valence-electron chi connectivity index (χ2n) is 3.36. The average Bonchev–Trinajstić information content (AvgIpc) is 2.22. The molecular weight excluding hydrogens is 228 g/mol. The van der Waals surface area contributed by atoms with E-state index in [-0.39, 0.29) is 0 Å². The van der Waals surface area contributed by atoms with Gasteiger partial charge in [0.2, 0.25) is 0 Å². The van der Waals surface area contributed by atoms with Crippen molar-refractivity contribution in [1.82, 2.24) is 0 Å². The van der Waals surface area contributed by atoms with Gasteiger partial charge >= 0.3 is 5.97 Å². The molecule has 0 radical (unpaired) electrons. The van der Waals surface area contributed by atoms with Crippen LogP contribution in [0.3, 0.4) is 0 Å². The van der Waals surface area contributed by atoms with E-state index in [1.165, 1.54) is 0 Å². The lowest BCUT2D eigenvalue weighted by Crippen LogP contribution is -1.92. The second kappa shape index (κ2) is 5.56. The molecule has 0 aliphatic heterocycles. The predicted molar refractivity (Wildman–Crippen MR) is 63.2 cm³/mol. The Bertz CT molecular complexity index is 425. The summed E-state index contributed by atoms with van der Waals surface area (Å²) in [7, 11) is 1.56. The van der Waals surface area contributed by atoms with Crippen molar-refractivity contribution >= 4 is 17.6 Å². The normalized spacial score (nSPS) is 10.7. The van der Waals surface area contributed by atoms with E-state index in [0.29, 0.717) is 17.2 Å². The van der Waals surface area contributed by atoms with E-state index in [9.17, 15) is 4.79 Å². The Morgan fingerprint density at radius 2 is 2.25 bits per heavy atom. The number of benzene rings is 1. The molecule has 0 amide bonds. The zero-order valence-electron chi connectivity index (χ0n) is 9.16. The number of carboxylic acid groups (broad SMARTS) is 1. The number of methoxy groups -OCH3 is 1. The highest BCUT2D eigenvalue weighted by molar-refractivity contribution is 6.32. The number of aryl methyl sites for hydroxylation is 1. The topological polar surface area (TPSA) is 46.5 Å². The molecule has 1 rings (SSSR count). The summed E-state index contributed by atoms with van der Waals surface area (Å²) in [6.45, 7) is 1.93. The van der Waals surface area contributed by atoms with Crippen molar-refractivity contribution in [1.29, 1.82) is 0 Å². The summed E-state index contributed by atoms with van der Waals surface area (Å²) in [5.74, 6) is -0.317. The average molecular weight is 241 g/mol. The van der Waals surface area contributed by atoms with Gasteiger partial charge in [0.15, 0.2) is 0 Å². The minimum Gasteiger partial charge on any atom is -0.495 e. The second-order valence-corrected chi connectivity index (χ2v) is 3.77. The maximum Gasteiger partial charge on any atom is 0.327 e. The first-order valence-corrected chi connectivity index (χ1v) is 5.15. The van der Waals surface area contributed by atoms with E-state index in [1.807, 2.05) is 13.0 Å². The van der Waals surface area contributed by atoms with Crippen LogP contribution >= 0.6 is 11.6 Å². The predicted octanol–water partition coefficient (Wildman–Crippen LogP) is 2.84. The minimum atomic E-state index is -0.947. The van der Waals surface area contributed by atoms with Gasteiger partial charge in [0, 0.05) is 6.08 Å². The summed E-state index contributed by atoms with van der Waals surface area (Å²) in [6.07, 6.45) is 3.26. The SMILES string of the molecule is COc1cc(C)c(C/C=C/C(=O)O)cc1Cl. The van der Waals surface area contributed by atoms with Crippen LogP contribution in [0.5, 0.6) is 5.75 Å². The van der Waals surface area contributed by atoms with Crippen LogP contribution in [-0.4, -0.2) is 18.2 Å². The fourth-order valence-corrected chi connectivity index (χ4v) is 1.62. The van der Waals surface area contributed by atoms with Gasteiger partial charge in [0.25, 0.3) is 0 Å². The van der Waals surface area contributed by atoms with Gasteiger partial charge in [-0.1, -0.05) is 17.7 Å². The Morgan fingerprint density at radius 1 is 1.56 bits per heavy atom. The van der Waals surface area contributed by atoms with Gasteiger partial charge in [-0.05, 0) is 36.6 Å². The van der Waals surface area contributed by atoms with E-state index in [4.69, 9.17) is 21.4 Å². The maximum atomic E-state index is 10.3. The van der Waals surface area contributed by atoms with Gasteiger partial charge in [-0.2, -0.15) is 0 Å². The van der Waals surface area contributed by atoms with Crippen molar-refractivity contribution in [2.45, 2.75) is 13.3 Å². The summed E-state index contributed by atoms with van der Waals surface area (Å²) in [6, 6.07) is 3.63. The van der Waals surface area contributed by atoms with E-state index in [0.717, 1.165) is 17.2 Å². The highest BCUT2D eigenvalue weighted by atomic mass is 35.5. The van der Waals surface area contributed by atoms with Gasteiger partial charge < -0.3 is 9.84 Å². The number of allylic oxidation sites excluding steroid dienone is 1. The van der Waals surface area contributed by atoms with Crippen LogP contribution in [0.1, 0.15) is 11.1 Å². The van der Waals surface area contributed by atoms with Gasteiger partial charge in [0.05, 0.1) is 12.1 Å². The molecule has 0 atom stereocenters. The Hall–Kier alpha value is -1.48. The summed E-state index contributed by atoms with van der Waals surface area (Å²) in [5.41, 5.74) is 2.01. The van der Waals surface area contributed by atoms with E-state index in [1.54, 1.807) is 19.3 Å². The first-order valence-electron chi connectivity index (χ1n) is 4.77. The Labute approximate surface area is 99.3 Å². The number of halogens is 1. The fourth-order valence-electron chi connectivity index (χ4n) is 1.36. The quantitative estimate of drug-likeness (QED) is 0.824. The molecular formula is C12H13ClO3. The van der Waals surface area contributed by atoms with Crippen molar-refractivity contribution in [3.63, 3.8) is 0 Å². The van der Waals surface area contributed by atoms with E-state index in [2.05, 4.69) is 0 Å². The maximum absolute atomic E-state index is 10.3. The molecule has 0 saturated heterocycles. The summed E-state index contributed by atoms with van der Waals surface area (Å²) in [5, 5.41) is 9.00. The molecule has 1 N–H and O–H groups in total. The Kier molecular flexibility index (Phi) is 4.38. The number of hydrogen-bond donors (Lipinski definition) is 1. The molecule has 0 aliphatic rings. The van der Waals surface area contributed by atoms with Crippen LogP contribution in [0.4, 0.5) is 0 Å². The molecule has 0 bridgehead atoms. The Balaban J connectivity index is 2.89. The first-order chi connectivity index (χ1) is 7.54. The number of rotatable bonds is 4. The number of ether oxygens (including phenoxy) is 1. The molecule has 0 unspecified atom stereocenters. The number of carboxylic acids is 1. The van der Waals surface area contributed by atoms with Crippen molar-refractivity contribution in [2.24, 2.45) is 0 Å². The smallest absolute Gasteiger partial charge is 0.327 e. The first kappa shape index (κ1) is 12.6. The highest BCUT2D eigenvalue weighted by Gasteiger charge is 2.05. The number of hydrogen-bond acceptors (Lipinski definition) is 2. The lowest BCUT2D eigenvalue weighted by molar-refractivity contribution is -0.131. The highest BCUT2D eigenvalue weighted by Crippen LogP contribution is 2.28. The Morgan fingerprint density at radius 3 is 2.81 bits per heavy atom. The molecule has 1 aromatic rings. The summed E-state index contributed by atoms with van der Waals surface area (Å²) >= 11 is 5.98. The van der Waals surface area contributed by atoms with Gasteiger partial charge in [-0.3, -0.25) is 0 Å². The van der Waals surface area contributed by atoms with Crippen LogP contribution in [0.15, 0.2) is 24.3 Å². The van der Waals surface area contributed by atoms with Crippen LogP contribution in [-0.2, 0) is 11.2 Å². The molecule has 3 nitrogen and oxygen atoms in total. The van der Waals surface area contributed by atoms with Crippen LogP contribution in [0.25, 0.3) is 0 Å². The minimum absolute atomic E-state index is 0.534. The molecule has 0 aromatic heterocycles. The van der Waals surface area contributed by atoms with E-state index >= 15 is 0 Å². The molecule has 0 aliphatic carbocycles. The molecule has 1 aromatic carbocycles. The number of aliphatic carboxylic acids is 1. The lowest BCUT2D eigenvalue weighted by atomic mass is 10.1. The molecule has 86 valence electrons. The lowest BCUT2D eigenvalue weighted by Gasteiger charge is -2.08. The van der Waals surface area contributed by atoms with Gasteiger partial charge in [0.1, 0.15) is 5.75 Å². The molecule has 0 heterocycles. The van der Waals surface area contributed by atoms with Crippen molar-refractivity contribution in [3.8, 4) is 5.75 Å². The standard InChI is InChI=1S/C12H13ClO3/c1-8-6-11(16-2)10(13)7-9(8)4-3-5-12(14)15/h3,5-7H,4H2,1-2H3,(H,14,15)/b5-3+. The van der Waals surface area contributed by atoms with Crippen molar-refractivity contribution in [3.05, 3.63) is 40.4 Å². The van der Waals surface area contributed by atoms with E-state index < -0.39 is 5.97 Å². The van der Waals surface area contributed by atoms with Crippen LogP contribution in [0.2, 0.25) is 5.02 Å². The third-order valence-corrected chi connectivity index (χ3v) is 2.50. The monoisotopic (exact) mass is 240 g/mol. The van der Waals surface area contributed by atoms with Crippen molar-refractivity contribution in [2.75, 3.05) is 7.11 Å². The van der Waals surface area contributed by atoms with Crippen LogP contribution in [0, 0.1) is 6.92 Å². The molecule has 0 saturated carbocycles. The molecule has 0 fully saturated rings. The van der Waals surface area contributed by atoms with Gasteiger partial charge in [-0.25, -0.2) is 4.79 Å². The fraction of sp³-hybridized carbons (Fsp3) is 0.250. The summed E-state index contributed by atoms with van der Waals surface area (Å²) < 4.78 is 5.08. The largest absolute Gasteiger partial charge is 0.495 e. The molecule has 16 heavy (non-hydrogen) atoms. The molecule has 0 spiro atoms. The third kappa shape index (κ3) is 3.28. The van der Waals surface area contributed by atoms with Crippen LogP contribution < -0.4 is 4.74 Å².